The van der Waals surface area contributed by atoms with Gasteiger partial charge in [-0.1, -0.05) is 30.3 Å². The average molecular weight is 297 g/mol. The van der Waals surface area contributed by atoms with Crippen molar-refractivity contribution in [2.75, 3.05) is 12.3 Å². The number of hydrogen-bond acceptors (Lipinski definition) is 4. The van der Waals surface area contributed by atoms with Crippen molar-refractivity contribution in [2.24, 2.45) is 0 Å². The normalized spacial score (nSPS) is 21.0. The van der Waals surface area contributed by atoms with Gasteiger partial charge in [-0.15, -0.1) is 0 Å². The first-order valence-electron chi connectivity index (χ1n) is 7.69. The third-order valence-electron chi connectivity index (χ3n) is 4.13. The van der Waals surface area contributed by atoms with Crippen LogP contribution in [0.25, 0.3) is 0 Å². The van der Waals surface area contributed by atoms with Gasteiger partial charge in [-0.25, -0.2) is 5.43 Å². The lowest BCUT2D eigenvalue weighted by molar-refractivity contribution is 0.269. The maximum Gasteiger partial charge on any atom is 0.125 e. The van der Waals surface area contributed by atoms with E-state index in [9.17, 15) is 0 Å². The number of ether oxygens (including phenoxy) is 1. The summed E-state index contributed by atoms with van der Waals surface area (Å²) in [5.74, 6) is 0.997. The van der Waals surface area contributed by atoms with E-state index in [1.165, 1.54) is 16.7 Å². The molecule has 4 heteroatoms. The van der Waals surface area contributed by atoms with Gasteiger partial charge in [0.05, 0.1) is 6.04 Å². The molecule has 0 amide bonds. The van der Waals surface area contributed by atoms with Crippen LogP contribution < -0.4 is 21.3 Å². The molecule has 2 unspecified atom stereocenters. The maximum atomic E-state index is 6.03. The Balaban J connectivity index is 1.60. The summed E-state index contributed by atoms with van der Waals surface area (Å²) in [7, 11) is 0. The van der Waals surface area contributed by atoms with E-state index in [0.29, 0.717) is 6.61 Å². The lowest BCUT2D eigenvalue weighted by Gasteiger charge is -2.15. The van der Waals surface area contributed by atoms with Crippen molar-refractivity contribution in [2.45, 2.75) is 32.4 Å². The summed E-state index contributed by atoms with van der Waals surface area (Å²) in [4.78, 5) is 0. The van der Waals surface area contributed by atoms with Crippen molar-refractivity contribution in [1.29, 1.82) is 0 Å². The van der Waals surface area contributed by atoms with E-state index in [4.69, 9.17) is 10.5 Å². The standard InChI is InChI=1S/C18H23N3O/c1-12-5-3-6-13(2)18(12)22-11-16-10-17(21-20-16)14-7-4-8-15(19)9-14/h3-9,16-17,20-21H,10-11,19H2,1-2H3. The first kappa shape index (κ1) is 14.9. The molecule has 1 fully saturated rings. The zero-order chi connectivity index (χ0) is 15.5. The summed E-state index contributed by atoms with van der Waals surface area (Å²) >= 11 is 0. The number of aryl methyl sites for hydroxylation is 2. The molecule has 116 valence electrons. The molecule has 0 aliphatic carbocycles. The van der Waals surface area contributed by atoms with Gasteiger partial charge < -0.3 is 10.5 Å². The van der Waals surface area contributed by atoms with Gasteiger partial charge in [0.25, 0.3) is 0 Å². The van der Waals surface area contributed by atoms with E-state index in [1.807, 2.05) is 18.2 Å². The largest absolute Gasteiger partial charge is 0.491 e. The fraction of sp³-hybridized carbons (Fsp3) is 0.333. The van der Waals surface area contributed by atoms with E-state index >= 15 is 0 Å². The molecule has 1 saturated heterocycles. The Bertz CT molecular complexity index is 636. The minimum atomic E-state index is 0.273. The third-order valence-corrected chi connectivity index (χ3v) is 4.13. The van der Waals surface area contributed by atoms with Crippen LogP contribution in [-0.4, -0.2) is 12.6 Å². The highest BCUT2D eigenvalue weighted by Gasteiger charge is 2.25. The van der Waals surface area contributed by atoms with Crippen LogP contribution in [0.2, 0.25) is 0 Å². The van der Waals surface area contributed by atoms with Crippen LogP contribution in [-0.2, 0) is 0 Å². The molecule has 22 heavy (non-hydrogen) atoms. The zero-order valence-corrected chi connectivity index (χ0v) is 13.1. The number of nitrogen functional groups attached to an aromatic ring is 1. The Labute approximate surface area is 131 Å². The van der Waals surface area contributed by atoms with E-state index in [-0.39, 0.29) is 12.1 Å². The molecule has 1 heterocycles. The van der Waals surface area contributed by atoms with Gasteiger partial charge in [0.2, 0.25) is 0 Å². The van der Waals surface area contributed by atoms with Crippen molar-refractivity contribution in [3.8, 4) is 5.75 Å². The SMILES string of the molecule is Cc1cccc(C)c1OCC1CC(c2cccc(N)c2)NN1. The number of hydrogen-bond donors (Lipinski definition) is 3. The Morgan fingerprint density at radius 1 is 1.09 bits per heavy atom. The van der Waals surface area contributed by atoms with Gasteiger partial charge in [0.15, 0.2) is 0 Å². The van der Waals surface area contributed by atoms with Crippen molar-refractivity contribution < 1.29 is 4.74 Å². The number of para-hydroxylation sites is 1. The molecule has 1 aliphatic heterocycles. The highest BCUT2D eigenvalue weighted by molar-refractivity contribution is 5.42. The second-order valence-electron chi connectivity index (χ2n) is 5.98. The Kier molecular flexibility index (Phi) is 4.32. The summed E-state index contributed by atoms with van der Waals surface area (Å²) in [6.45, 7) is 4.81. The molecule has 2 aromatic carbocycles. The molecule has 2 aromatic rings. The van der Waals surface area contributed by atoms with Crippen LogP contribution in [0.5, 0.6) is 5.75 Å². The third kappa shape index (κ3) is 3.24. The number of anilines is 1. The number of hydrazine groups is 1. The minimum Gasteiger partial charge on any atom is -0.491 e. The number of nitrogens with two attached hydrogens (primary N) is 1. The predicted octanol–water partition coefficient (Wildman–Crippen LogP) is 2.87. The predicted molar refractivity (Wildman–Crippen MR) is 89.7 cm³/mol. The smallest absolute Gasteiger partial charge is 0.125 e. The van der Waals surface area contributed by atoms with Crippen molar-refractivity contribution >= 4 is 5.69 Å². The van der Waals surface area contributed by atoms with Crippen molar-refractivity contribution in [3.05, 3.63) is 59.2 Å². The van der Waals surface area contributed by atoms with Gasteiger partial charge in [0.1, 0.15) is 12.4 Å². The van der Waals surface area contributed by atoms with E-state index < -0.39 is 0 Å². The number of rotatable bonds is 4. The Morgan fingerprint density at radius 3 is 2.55 bits per heavy atom. The average Bonchev–Trinajstić information content (AvgIpc) is 2.96. The molecule has 1 aliphatic rings. The van der Waals surface area contributed by atoms with E-state index in [1.54, 1.807) is 0 Å². The first-order valence-corrected chi connectivity index (χ1v) is 7.69. The fourth-order valence-electron chi connectivity index (χ4n) is 2.94. The minimum absolute atomic E-state index is 0.273. The molecule has 4 N–H and O–H groups in total. The van der Waals surface area contributed by atoms with Crippen LogP contribution >= 0.6 is 0 Å². The van der Waals surface area contributed by atoms with Gasteiger partial charge in [-0.2, -0.15) is 0 Å². The molecule has 4 nitrogen and oxygen atoms in total. The second-order valence-corrected chi connectivity index (χ2v) is 5.98. The van der Waals surface area contributed by atoms with Crippen LogP contribution in [0.1, 0.15) is 29.2 Å². The Morgan fingerprint density at radius 2 is 1.82 bits per heavy atom. The lowest BCUT2D eigenvalue weighted by atomic mass is 10.0. The van der Waals surface area contributed by atoms with Crippen LogP contribution in [0, 0.1) is 13.8 Å². The molecule has 0 radical (unpaired) electrons. The molecule has 3 rings (SSSR count). The molecule has 0 bridgehead atoms. The molecule has 2 atom stereocenters. The number of benzene rings is 2. The maximum absolute atomic E-state index is 6.03. The van der Waals surface area contributed by atoms with Crippen LogP contribution in [0.3, 0.4) is 0 Å². The second kappa shape index (κ2) is 6.38. The highest BCUT2D eigenvalue weighted by Crippen LogP contribution is 2.26. The Hall–Kier alpha value is -2.04. The van der Waals surface area contributed by atoms with Gasteiger partial charge >= 0.3 is 0 Å². The van der Waals surface area contributed by atoms with Gasteiger partial charge in [-0.3, -0.25) is 5.43 Å². The summed E-state index contributed by atoms with van der Waals surface area (Å²) in [6.07, 6.45) is 0.981. The van der Waals surface area contributed by atoms with Crippen LogP contribution in [0.4, 0.5) is 5.69 Å². The molecule has 0 spiro atoms. The zero-order valence-electron chi connectivity index (χ0n) is 13.1. The van der Waals surface area contributed by atoms with Crippen LogP contribution in [0.15, 0.2) is 42.5 Å². The van der Waals surface area contributed by atoms with Gasteiger partial charge in [-0.05, 0) is 49.1 Å². The van der Waals surface area contributed by atoms with E-state index in [0.717, 1.165) is 17.9 Å². The summed E-state index contributed by atoms with van der Waals surface area (Å²) in [5.41, 5.74) is 16.9. The monoisotopic (exact) mass is 297 g/mol. The summed E-state index contributed by atoms with van der Waals surface area (Å²) < 4.78 is 6.03. The summed E-state index contributed by atoms with van der Waals surface area (Å²) in [6, 6.07) is 14.8. The quantitative estimate of drug-likeness (QED) is 0.760. The topological polar surface area (TPSA) is 59.3 Å². The van der Waals surface area contributed by atoms with Crippen molar-refractivity contribution in [1.82, 2.24) is 10.9 Å². The number of nitrogens with one attached hydrogen (secondary N) is 2. The molecule has 0 aromatic heterocycles. The fourth-order valence-corrected chi connectivity index (χ4v) is 2.94. The highest BCUT2D eigenvalue weighted by atomic mass is 16.5. The van der Waals surface area contributed by atoms with Gasteiger partial charge in [0, 0.05) is 11.7 Å². The van der Waals surface area contributed by atoms with Crippen molar-refractivity contribution in [3.63, 3.8) is 0 Å². The first-order chi connectivity index (χ1) is 10.6. The lowest BCUT2D eigenvalue weighted by Crippen LogP contribution is -2.34. The molecule has 0 saturated carbocycles. The molecular weight excluding hydrogens is 274 g/mol. The summed E-state index contributed by atoms with van der Waals surface area (Å²) in [5, 5.41) is 0. The van der Waals surface area contributed by atoms with E-state index in [2.05, 4.69) is 49.0 Å². The molecular formula is C18H23N3O.